The zero-order valence-corrected chi connectivity index (χ0v) is 6.45. The van der Waals surface area contributed by atoms with Gasteiger partial charge < -0.3 is 0 Å². The Balaban J connectivity index is 1.92. The lowest BCUT2D eigenvalue weighted by molar-refractivity contribution is 0.399. The second-order valence-electron chi connectivity index (χ2n) is 4.22. The molecule has 3 rings (SSSR count). The topological polar surface area (TPSA) is 0 Å². The molecule has 0 aromatic carbocycles. The van der Waals surface area contributed by atoms with Gasteiger partial charge in [-0.1, -0.05) is 11.1 Å². The smallest absolute Gasteiger partial charge is 0.00817 e. The van der Waals surface area contributed by atoms with Crippen LogP contribution >= 0.6 is 0 Å². The Hall–Kier alpha value is -0.260. The van der Waals surface area contributed by atoms with E-state index in [4.69, 9.17) is 0 Å². The molecule has 3 aliphatic rings. The molecule has 0 amide bonds. The molecule has 0 aromatic heterocycles. The lowest BCUT2D eigenvalue weighted by Crippen LogP contribution is -2.21. The molecule has 0 saturated heterocycles. The quantitative estimate of drug-likeness (QED) is 0.447. The second kappa shape index (κ2) is 1.49. The summed E-state index contributed by atoms with van der Waals surface area (Å²) in [5.74, 6) is 0. The molecule has 10 heavy (non-hydrogen) atoms. The van der Waals surface area contributed by atoms with Crippen LogP contribution in [0.2, 0.25) is 0 Å². The normalized spacial score (nSPS) is 33.6. The zero-order chi connectivity index (χ0) is 6.60. The molecule has 0 aliphatic heterocycles. The van der Waals surface area contributed by atoms with Crippen LogP contribution < -0.4 is 0 Å². The van der Waals surface area contributed by atoms with Gasteiger partial charge in [0, 0.05) is 0 Å². The van der Waals surface area contributed by atoms with Crippen molar-refractivity contribution in [1.82, 2.24) is 0 Å². The molecule has 0 radical (unpaired) electrons. The van der Waals surface area contributed by atoms with Gasteiger partial charge in [0.25, 0.3) is 0 Å². The standard InChI is InChI=1S/C10H14/c1-2-8(3-1)9-4-5-10(9)6-7-10/h1-7H2. The molecule has 3 fully saturated rings. The molecule has 3 saturated carbocycles. The molecule has 0 N–H and O–H groups in total. The first-order valence-electron chi connectivity index (χ1n) is 4.62. The molecular formula is C10H14. The number of allylic oxidation sites excluding steroid dienone is 2. The van der Waals surface area contributed by atoms with E-state index in [1.54, 1.807) is 0 Å². The van der Waals surface area contributed by atoms with E-state index in [1.165, 1.54) is 44.9 Å². The molecule has 0 unspecified atom stereocenters. The summed E-state index contributed by atoms with van der Waals surface area (Å²) in [6, 6.07) is 0. The maximum atomic E-state index is 1.92. The van der Waals surface area contributed by atoms with Gasteiger partial charge in [0.1, 0.15) is 0 Å². The molecule has 3 aliphatic carbocycles. The fourth-order valence-corrected chi connectivity index (χ4v) is 2.51. The van der Waals surface area contributed by atoms with E-state index in [1.807, 2.05) is 11.1 Å². The van der Waals surface area contributed by atoms with Crippen LogP contribution in [0.5, 0.6) is 0 Å². The van der Waals surface area contributed by atoms with Crippen molar-refractivity contribution in [3.8, 4) is 0 Å². The highest BCUT2D eigenvalue weighted by atomic mass is 14.6. The maximum Gasteiger partial charge on any atom is -0.00817 e. The van der Waals surface area contributed by atoms with Crippen LogP contribution in [0.1, 0.15) is 44.9 Å². The molecule has 1 spiro atoms. The van der Waals surface area contributed by atoms with Crippen molar-refractivity contribution in [2.75, 3.05) is 0 Å². The Kier molecular flexibility index (Phi) is 0.805. The Morgan fingerprint density at radius 3 is 2.00 bits per heavy atom. The summed E-state index contributed by atoms with van der Waals surface area (Å²) in [6.45, 7) is 0. The van der Waals surface area contributed by atoms with Crippen LogP contribution in [0.3, 0.4) is 0 Å². The third kappa shape index (κ3) is 0.492. The number of hydrogen-bond donors (Lipinski definition) is 0. The van der Waals surface area contributed by atoms with Gasteiger partial charge in [-0.05, 0) is 50.4 Å². The highest BCUT2D eigenvalue weighted by Crippen LogP contribution is 2.66. The van der Waals surface area contributed by atoms with Gasteiger partial charge in [0.15, 0.2) is 0 Å². The fraction of sp³-hybridized carbons (Fsp3) is 0.800. The minimum Gasteiger partial charge on any atom is -0.0704 e. The van der Waals surface area contributed by atoms with E-state index in [-0.39, 0.29) is 0 Å². The lowest BCUT2D eigenvalue weighted by Gasteiger charge is -2.36. The van der Waals surface area contributed by atoms with E-state index in [2.05, 4.69) is 0 Å². The second-order valence-corrected chi connectivity index (χ2v) is 4.22. The van der Waals surface area contributed by atoms with E-state index in [0.29, 0.717) is 0 Å². The average Bonchev–Trinajstić information content (AvgIpc) is 2.54. The minimum atomic E-state index is 0.843. The highest BCUT2D eigenvalue weighted by Gasteiger charge is 2.52. The Morgan fingerprint density at radius 1 is 0.900 bits per heavy atom. The highest BCUT2D eigenvalue weighted by molar-refractivity contribution is 5.36. The van der Waals surface area contributed by atoms with E-state index < -0.39 is 0 Å². The molecular weight excluding hydrogens is 120 g/mol. The van der Waals surface area contributed by atoms with E-state index >= 15 is 0 Å². The van der Waals surface area contributed by atoms with E-state index in [0.717, 1.165) is 5.41 Å². The van der Waals surface area contributed by atoms with Crippen molar-refractivity contribution in [2.45, 2.75) is 44.9 Å². The van der Waals surface area contributed by atoms with Gasteiger partial charge in [-0.15, -0.1) is 0 Å². The summed E-state index contributed by atoms with van der Waals surface area (Å²) < 4.78 is 0. The summed E-state index contributed by atoms with van der Waals surface area (Å²) in [5.41, 5.74) is 4.62. The van der Waals surface area contributed by atoms with Gasteiger partial charge >= 0.3 is 0 Å². The van der Waals surface area contributed by atoms with Crippen LogP contribution in [0.25, 0.3) is 0 Å². The predicted molar refractivity (Wildman–Crippen MR) is 41.8 cm³/mol. The van der Waals surface area contributed by atoms with Gasteiger partial charge in [-0.3, -0.25) is 0 Å². The first-order chi connectivity index (χ1) is 4.91. The van der Waals surface area contributed by atoms with Crippen molar-refractivity contribution >= 4 is 0 Å². The molecule has 0 atom stereocenters. The van der Waals surface area contributed by atoms with Crippen molar-refractivity contribution in [1.29, 1.82) is 0 Å². The molecule has 0 heterocycles. The van der Waals surface area contributed by atoms with Gasteiger partial charge in [0.2, 0.25) is 0 Å². The molecule has 0 heteroatoms. The molecule has 0 aromatic rings. The first-order valence-corrected chi connectivity index (χ1v) is 4.62. The fourth-order valence-electron chi connectivity index (χ4n) is 2.51. The van der Waals surface area contributed by atoms with Crippen LogP contribution in [0, 0.1) is 5.41 Å². The van der Waals surface area contributed by atoms with Crippen molar-refractivity contribution in [3.63, 3.8) is 0 Å². The van der Waals surface area contributed by atoms with Crippen molar-refractivity contribution in [3.05, 3.63) is 11.1 Å². The first kappa shape index (κ1) is 5.40. The number of hydrogen-bond acceptors (Lipinski definition) is 0. The SMILES string of the molecule is C1CC(=C2CCC23CC3)C1. The lowest BCUT2D eigenvalue weighted by atomic mass is 9.69. The minimum absolute atomic E-state index is 0.843. The Labute approximate surface area is 62.3 Å². The molecule has 0 nitrogen and oxygen atoms in total. The molecule has 54 valence electrons. The summed E-state index contributed by atoms with van der Waals surface area (Å²) >= 11 is 0. The van der Waals surface area contributed by atoms with Crippen LogP contribution in [0.4, 0.5) is 0 Å². The summed E-state index contributed by atoms with van der Waals surface area (Å²) in [5, 5.41) is 0. The van der Waals surface area contributed by atoms with Crippen molar-refractivity contribution < 1.29 is 0 Å². The number of rotatable bonds is 0. The van der Waals surface area contributed by atoms with Crippen molar-refractivity contribution in [2.24, 2.45) is 5.41 Å². The Bertz CT molecular complexity index is 200. The monoisotopic (exact) mass is 134 g/mol. The van der Waals surface area contributed by atoms with Crippen LogP contribution in [0.15, 0.2) is 11.1 Å². The van der Waals surface area contributed by atoms with Crippen LogP contribution in [-0.4, -0.2) is 0 Å². The van der Waals surface area contributed by atoms with Crippen LogP contribution in [-0.2, 0) is 0 Å². The summed E-state index contributed by atoms with van der Waals surface area (Å²) in [6.07, 6.45) is 10.5. The predicted octanol–water partition coefficient (Wildman–Crippen LogP) is 3.04. The average molecular weight is 134 g/mol. The molecule has 0 bridgehead atoms. The maximum absolute atomic E-state index is 1.92. The van der Waals surface area contributed by atoms with E-state index in [9.17, 15) is 0 Å². The van der Waals surface area contributed by atoms with Gasteiger partial charge in [-0.25, -0.2) is 0 Å². The summed E-state index contributed by atoms with van der Waals surface area (Å²) in [4.78, 5) is 0. The van der Waals surface area contributed by atoms with Gasteiger partial charge in [-0.2, -0.15) is 0 Å². The third-order valence-electron chi connectivity index (χ3n) is 3.73. The Morgan fingerprint density at radius 2 is 1.70 bits per heavy atom. The van der Waals surface area contributed by atoms with Gasteiger partial charge in [0.05, 0.1) is 0 Å². The third-order valence-corrected chi connectivity index (χ3v) is 3.73. The zero-order valence-electron chi connectivity index (χ0n) is 6.45. The largest absolute Gasteiger partial charge is 0.0704 e. The summed E-state index contributed by atoms with van der Waals surface area (Å²) in [7, 11) is 0.